The molecule has 0 saturated heterocycles. The van der Waals surface area contributed by atoms with Crippen LogP contribution < -0.4 is 10.6 Å². The molecule has 0 aliphatic carbocycles. The minimum atomic E-state index is 0.649. The van der Waals surface area contributed by atoms with Gasteiger partial charge >= 0.3 is 0 Å². The molecule has 1 aliphatic heterocycles. The van der Waals surface area contributed by atoms with Crippen molar-refractivity contribution in [3.05, 3.63) is 41.5 Å². The molecule has 0 saturated carbocycles. The number of anilines is 2. The Morgan fingerprint density at radius 2 is 2.05 bits per heavy atom. The third-order valence-electron chi connectivity index (χ3n) is 3.62. The minimum Gasteiger partial charge on any atom is -0.399 e. The summed E-state index contributed by atoms with van der Waals surface area (Å²) in [6.07, 6.45) is 0.991. The average Bonchev–Trinajstić information content (AvgIpc) is 2.93. The number of nitrogen functional groups attached to an aromatic ring is 1. The normalized spacial score (nSPS) is 14.5. The standard InChI is InChI=1S/C13H13N7/c14-11-2-1-9-5-6-19(8-10(9)7-11)13-4-3-12-15-17-18-20(12)16-13/h1-4,7H,5-6,8,14H2. The molecular formula is C13H13N7. The van der Waals surface area contributed by atoms with Crippen molar-refractivity contribution in [2.75, 3.05) is 17.2 Å². The van der Waals surface area contributed by atoms with Gasteiger partial charge in [0.15, 0.2) is 11.5 Å². The van der Waals surface area contributed by atoms with Gasteiger partial charge in [0.1, 0.15) is 0 Å². The molecule has 3 heterocycles. The number of benzene rings is 1. The number of hydrogen-bond acceptors (Lipinski definition) is 6. The van der Waals surface area contributed by atoms with Crippen molar-refractivity contribution < 1.29 is 0 Å². The topological polar surface area (TPSA) is 85.2 Å². The van der Waals surface area contributed by atoms with Crippen molar-refractivity contribution in [2.24, 2.45) is 0 Å². The van der Waals surface area contributed by atoms with Crippen LogP contribution in [0.15, 0.2) is 30.3 Å². The van der Waals surface area contributed by atoms with Crippen LogP contribution in [-0.4, -0.2) is 31.8 Å². The van der Waals surface area contributed by atoms with Gasteiger partial charge in [0, 0.05) is 18.8 Å². The second kappa shape index (κ2) is 4.16. The van der Waals surface area contributed by atoms with Crippen molar-refractivity contribution in [1.29, 1.82) is 0 Å². The summed E-state index contributed by atoms with van der Waals surface area (Å²) in [5, 5.41) is 15.7. The van der Waals surface area contributed by atoms with Crippen LogP contribution in [0, 0.1) is 0 Å². The monoisotopic (exact) mass is 267 g/mol. The van der Waals surface area contributed by atoms with E-state index >= 15 is 0 Å². The van der Waals surface area contributed by atoms with E-state index in [0.29, 0.717) is 5.65 Å². The maximum Gasteiger partial charge on any atom is 0.200 e. The van der Waals surface area contributed by atoms with E-state index in [9.17, 15) is 0 Å². The van der Waals surface area contributed by atoms with Crippen LogP contribution in [0.5, 0.6) is 0 Å². The fourth-order valence-corrected chi connectivity index (χ4v) is 2.58. The highest BCUT2D eigenvalue weighted by atomic mass is 15.6. The first-order valence-electron chi connectivity index (χ1n) is 6.47. The average molecular weight is 267 g/mol. The van der Waals surface area contributed by atoms with Crippen LogP contribution in [-0.2, 0) is 13.0 Å². The number of hydrogen-bond donors (Lipinski definition) is 1. The van der Waals surface area contributed by atoms with E-state index in [0.717, 1.165) is 31.0 Å². The molecule has 2 aromatic heterocycles. The zero-order valence-electron chi connectivity index (χ0n) is 10.8. The molecule has 0 fully saturated rings. The lowest BCUT2D eigenvalue weighted by Gasteiger charge is -2.29. The second-order valence-electron chi connectivity index (χ2n) is 4.92. The Balaban J connectivity index is 1.69. The maximum absolute atomic E-state index is 5.86. The lowest BCUT2D eigenvalue weighted by Crippen LogP contribution is -2.31. The summed E-state index contributed by atoms with van der Waals surface area (Å²) in [6.45, 7) is 1.73. The first kappa shape index (κ1) is 11.2. The van der Waals surface area contributed by atoms with E-state index in [2.05, 4.69) is 31.6 Å². The van der Waals surface area contributed by atoms with Crippen molar-refractivity contribution in [2.45, 2.75) is 13.0 Å². The summed E-state index contributed by atoms with van der Waals surface area (Å²) in [5.74, 6) is 0.873. The fourth-order valence-electron chi connectivity index (χ4n) is 2.58. The molecule has 0 bridgehead atoms. The Hall–Kier alpha value is -2.70. The Morgan fingerprint density at radius 1 is 1.10 bits per heavy atom. The third kappa shape index (κ3) is 1.75. The van der Waals surface area contributed by atoms with Crippen molar-refractivity contribution in [3.63, 3.8) is 0 Å². The number of nitrogens with zero attached hydrogens (tertiary/aromatic N) is 6. The second-order valence-corrected chi connectivity index (χ2v) is 4.92. The molecule has 4 rings (SSSR count). The van der Waals surface area contributed by atoms with Gasteiger partial charge in [-0.05, 0) is 52.2 Å². The lowest BCUT2D eigenvalue weighted by molar-refractivity contribution is 0.679. The van der Waals surface area contributed by atoms with Gasteiger partial charge in [0.25, 0.3) is 0 Å². The minimum absolute atomic E-state index is 0.649. The Morgan fingerprint density at radius 3 is 3.00 bits per heavy atom. The predicted octanol–water partition coefficient (Wildman–Crippen LogP) is 0.664. The molecule has 3 aromatic rings. The molecule has 1 aromatic carbocycles. The van der Waals surface area contributed by atoms with Crippen molar-refractivity contribution >= 4 is 17.2 Å². The number of rotatable bonds is 1. The van der Waals surface area contributed by atoms with Crippen LogP contribution >= 0.6 is 0 Å². The number of aromatic nitrogens is 5. The molecule has 0 amide bonds. The van der Waals surface area contributed by atoms with E-state index in [-0.39, 0.29) is 0 Å². The Kier molecular flexibility index (Phi) is 2.32. The molecule has 0 spiro atoms. The van der Waals surface area contributed by atoms with Crippen molar-refractivity contribution in [1.82, 2.24) is 25.3 Å². The Bertz CT molecular complexity index is 779. The predicted molar refractivity (Wildman–Crippen MR) is 74.2 cm³/mol. The summed E-state index contributed by atoms with van der Waals surface area (Å²) in [4.78, 5) is 2.21. The largest absolute Gasteiger partial charge is 0.399 e. The summed E-state index contributed by atoms with van der Waals surface area (Å²) >= 11 is 0. The van der Waals surface area contributed by atoms with Gasteiger partial charge in [0.2, 0.25) is 0 Å². The first-order chi connectivity index (χ1) is 9.79. The summed E-state index contributed by atoms with van der Waals surface area (Å²) in [5.41, 5.74) is 9.93. The zero-order valence-corrected chi connectivity index (χ0v) is 10.8. The highest BCUT2D eigenvalue weighted by Gasteiger charge is 2.18. The zero-order chi connectivity index (χ0) is 13.5. The number of tetrazole rings is 1. The molecule has 20 heavy (non-hydrogen) atoms. The fraction of sp³-hybridized carbons (Fsp3) is 0.231. The third-order valence-corrected chi connectivity index (χ3v) is 3.62. The van der Waals surface area contributed by atoms with Crippen LogP contribution in [0.1, 0.15) is 11.1 Å². The molecule has 100 valence electrons. The molecule has 7 nitrogen and oxygen atoms in total. The SMILES string of the molecule is Nc1ccc2c(c1)CN(c1ccc3nnnn3n1)CC2. The van der Waals surface area contributed by atoms with Crippen LogP contribution in [0.3, 0.4) is 0 Å². The summed E-state index contributed by atoms with van der Waals surface area (Å²) in [6, 6.07) is 9.93. The van der Waals surface area contributed by atoms with Crippen LogP contribution in [0.2, 0.25) is 0 Å². The van der Waals surface area contributed by atoms with Gasteiger partial charge in [-0.2, -0.15) is 0 Å². The van der Waals surface area contributed by atoms with E-state index in [4.69, 9.17) is 5.73 Å². The lowest BCUT2D eigenvalue weighted by atomic mass is 9.99. The van der Waals surface area contributed by atoms with E-state index in [1.807, 2.05) is 24.3 Å². The molecule has 7 heteroatoms. The highest BCUT2D eigenvalue weighted by molar-refractivity contribution is 5.51. The number of fused-ring (bicyclic) bond motifs is 2. The van der Waals surface area contributed by atoms with Gasteiger partial charge in [-0.25, -0.2) is 0 Å². The van der Waals surface area contributed by atoms with Crippen LogP contribution in [0.25, 0.3) is 5.65 Å². The van der Waals surface area contributed by atoms with E-state index < -0.39 is 0 Å². The molecule has 0 unspecified atom stereocenters. The summed E-state index contributed by atoms with van der Waals surface area (Å²) < 4.78 is 1.45. The molecular weight excluding hydrogens is 254 g/mol. The molecule has 2 N–H and O–H groups in total. The van der Waals surface area contributed by atoms with Crippen LogP contribution in [0.4, 0.5) is 11.5 Å². The molecule has 1 aliphatic rings. The van der Waals surface area contributed by atoms with Crippen molar-refractivity contribution in [3.8, 4) is 0 Å². The summed E-state index contributed by atoms with van der Waals surface area (Å²) in [7, 11) is 0. The molecule has 0 radical (unpaired) electrons. The number of nitrogens with two attached hydrogens (primary N) is 1. The smallest absolute Gasteiger partial charge is 0.200 e. The van der Waals surface area contributed by atoms with Gasteiger partial charge < -0.3 is 10.6 Å². The van der Waals surface area contributed by atoms with Gasteiger partial charge in [-0.1, -0.05) is 6.07 Å². The van der Waals surface area contributed by atoms with Gasteiger partial charge in [-0.15, -0.1) is 14.8 Å². The van der Waals surface area contributed by atoms with E-state index in [1.165, 1.54) is 15.8 Å². The first-order valence-corrected chi connectivity index (χ1v) is 6.47. The maximum atomic E-state index is 5.86. The quantitative estimate of drug-likeness (QED) is 0.652. The van der Waals surface area contributed by atoms with E-state index in [1.54, 1.807) is 0 Å². The highest BCUT2D eigenvalue weighted by Crippen LogP contribution is 2.24. The van der Waals surface area contributed by atoms with Gasteiger partial charge in [-0.3, -0.25) is 0 Å². The van der Waals surface area contributed by atoms with Gasteiger partial charge in [0.05, 0.1) is 0 Å². The Labute approximate surface area is 115 Å². The molecule has 0 atom stereocenters.